The maximum atomic E-state index is 15.0. The number of piperazine rings is 1. The average Bonchev–Trinajstić information content (AvgIpc) is 3.43. The molecule has 8 nitrogen and oxygen atoms in total. The summed E-state index contributed by atoms with van der Waals surface area (Å²) in [4.78, 5) is 26.1. The molecule has 0 spiro atoms. The summed E-state index contributed by atoms with van der Waals surface area (Å²) in [6, 6.07) is 15.5. The van der Waals surface area contributed by atoms with Crippen LogP contribution in [-0.4, -0.2) is 79.2 Å². The van der Waals surface area contributed by atoms with Crippen LogP contribution in [0.1, 0.15) is 30.5 Å². The molecule has 42 heavy (non-hydrogen) atoms. The van der Waals surface area contributed by atoms with Crippen molar-refractivity contribution in [2.24, 2.45) is 0 Å². The van der Waals surface area contributed by atoms with E-state index < -0.39 is 0 Å². The van der Waals surface area contributed by atoms with E-state index in [1.807, 2.05) is 30.3 Å². The molecule has 0 radical (unpaired) electrons. The molecule has 3 aromatic rings. The highest BCUT2D eigenvalue weighted by molar-refractivity contribution is 5.95. The van der Waals surface area contributed by atoms with Crippen LogP contribution in [0.15, 0.2) is 55.1 Å². The third-order valence-corrected chi connectivity index (χ3v) is 9.01. The third kappa shape index (κ3) is 5.39. The van der Waals surface area contributed by atoms with Gasteiger partial charge < -0.3 is 24.3 Å². The van der Waals surface area contributed by atoms with Crippen LogP contribution >= 0.6 is 0 Å². The molecule has 2 fully saturated rings. The minimum atomic E-state index is -0.228. The second-order valence-electron chi connectivity index (χ2n) is 11.5. The molecule has 1 amide bonds. The number of aromatic nitrogens is 1. The van der Waals surface area contributed by atoms with Gasteiger partial charge in [0.05, 0.1) is 30.8 Å². The molecule has 1 aromatic heterocycles. The molecule has 3 aliphatic rings. The van der Waals surface area contributed by atoms with Gasteiger partial charge in [-0.05, 0) is 56.4 Å². The summed E-state index contributed by atoms with van der Waals surface area (Å²) in [5, 5.41) is 11.0. The zero-order valence-electron chi connectivity index (χ0n) is 24.1. The first-order chi connectivity index (χ1) is 20.5. The van der Waals surface area contributed by atoms with Gasteiger partial charge in [0.25, 0.3) is 0 Å². The number of hydrogen-bond donors (Lipinski definition) is 0. The number of likely N-dealkylation sites (N-methyl/N-ethyl adjacent to an activating group) is 1. The predicted molar refractivity (Wildman–Crippen MR) is 162 cm³/mol. The van der Waals surface area contributed by atoms with Gasteiger partial charge in [0, 0.05) is 60.6 Å². The van der Waals surface area contributed by atoms with E-state index in [0.717, 1.165) is 60.4 Å². The number of nitriles is 1. The lowest BCUT2D eigenvalue weighted by molar-refractivity contribution is -0.128. The van der Waals surface area contributed by atoms with Crippen molar-refractivity contribution >= 4 is 28.1 Å². The minimum absolute atomic E-state index is 0.144. The molecule has 2 saturated heterocycles. The smallest absolute Gasteiger partial charge is 0.246 e. The van der Waals surface area contributed by atoms with Gasteiger partial charge in [-0.15, -0.1) is 0 Å². The van der Waals surface area contributed by atoms with E-state index in [9.17, 15) is 10.1 Å². The monoisotopic (exact) mass is 568 g/mol. The highest BCUT2D eigenvalue weighted by Gasteiger charge is 2.33. The number of nitrogens with zero attached hydrogens (tertiary/aromatic N) is 6. The number of ether oxygens (including phenoxy) is 1. The second-order valence-corrected chi connectivity index (χ2v) is 11.5. The van der Waals surface area contributed by atoms with E-state index in [-0.39, 0.29) is 24.2 Å². The molecule has 0 aliphatic carbocycles. The summed E-state index contributed by atoms with van der Waals surface area (Å²) in [6.07, 6.45) is 4.58. The molecule has 0 unspecified atom stereocenters. The molecule has 9 heteroatoms. The van der Waals surface area contributed by atoms with Crippen molar-refractivity contribution in [3.8, 4) is 11.9 Å². The van der Waals surface area contributed by atoms with E-state index >= 15 is 4.39 Å². The summed E-state index contributed by atoms with van der Waals surface area (Å²) in [7, 11) is 2.13. The largest absolute Gasteiger partial charge is 0.476 e. The molecule has 2 aromatic carbocycles. The normalized spacial score (nSPS) is 20.8. The SMILES string of the molecule is C=CC(=O)N1CCN(c2cc(OC[C@@H]3CCCN3C)nc3c2CCN(c2cccc4cccc(F)c24)C3)C[C@@H]1CC#N. The Hall–Kier alpha value is -4.16. The van der Waals surface area contributed by atoms with Gasteiger partial charge in [-0.1, -0.05) is 30.8 Å². The second kappa shape index (κ2) is 12.0. The maximum Gasteiger partial charge on any atom is 0.246 e. The zero-order valence-corrected chi connectivity index (χ0v) is 24.1. The number of benzene rings is 2. The van der Waals surface area contributed by atoms with Gasteiger partial charge in [-0.3, -0.25) is 4.79 Å². The van der Waals surface area contributed by atoms with Crippen LogP contribution in [0, 0.1) is 17.1 Å². The molecule has 2 atom stereocenters. The van der Waals surface area contributed by atoms with E-state index in [2.05, 4.69) is 34.4 Å². The topological polar surface area (TPSA) is 75.9 Å². The van der Waals surface area contributed by atoms with E-state index in [4.69, 9.17) is 9.72 Å². The lowest BCUT2D eigenvalue weighted by Gasteiger charge is -2.43. The van der Waals surface area contributed by atoms with Gasteiger partial charge in [0.1, 0.15) is 12.4 Å². The highest BCUT2D eigenvalue weighted by atomic mass is 19.1. The van der Waals surface area contributed by atoms with Crippen LogP contribution < -0.4 is 14.5 Å². The predicted octanol–water partition coefficient (Wildman–Crippen LogP) is 4.53. The zero-order chi connectivity index (χ0) is 29.2. The van der Waals surface area contributed by atoms with Crippen molar-refractivity contribution in [1.29, 1.82) is 5.26 Å². The van der Waals surface area contributed by atoms with Gasteiger partial charge >= 0.3 is 0 Å². The van der Waals surface area contributed by atoms with Crippen LogP contribution in [0.25, 0.3) is 10.8 Å². The number of hydrogen-bond acceptors (Lipinski definition) is 7. The highest BCUT2D eigenvalue weighted by Crippen LogP contribution is 2.37. The first-order valence-corrected chi connectivity index (χ1v) is 14.8. The summed E-state index contributed by atoms with van der Waals surface area (Å²) in [6.45, 7) is 8.24. The summed E-state index contributed by atoms with van der Waals surface area (Å²) < 4.78 is 21.4. The number of pyridine rings is 1. The van der Waals surface area contributed by atoms with E-state index in [1.165, 1.54) is 12.1 Å². The van der Waals surface area contributed by atoms with Gasteiger partial charge in [-0.2, -0.15) is 5.26 Å². The number of fused-ring (bicyclic) bond motifs is 2. The van der Waals surface area contributed by atoms with Gasteiger partial charge in [-0.25, -0.2) is 9.37 Å². The number of carbonyl (C=O) groups excluding carboxylic acids is 1. The Labute approximate surface area is 246 Å². The summed E-state index contributed by atoms with van der Waals surface area (Å²) in [5.74, 6) is 0.210. The quantitative estimate of drug-likeness (QED) is 0.388. The van der Waals surface area contributed by atoms with E-state index in [0.29, 0.717) is 50.1 Å². The van der Waals surface area contributed by atoms with Crippen molar-refractivity contribution < 1.29 is 13.9 Å². The number of anilines is 2. The third-order valence-electron chi connectivity index (χ3n) is 9.01. The van der Waals surface area contributed by atoms with Gasteiger partial charge in [0.15, 0.2) is 0 Å². The molecule has 3 aliphatic heterocycles. The average molecular weight is 569 g/mol. The first-order valence-electron chi connectivity index (χ1n) is 14.8. The lowest BCUT2D eigenvalue weighted by Crippen LogP contribution is -2.55. The van der Waals surface area contributed by atoms with Crippen LogP contribution in [-0.2, 0) is 17.8 Å². The Bertz CT molecular complexity index is 1530. The molecule has 0 bridgehead atoms. The van der Waals surface area contributed by atoms with Crippen LogP contribution in [0.4, 0.5) is 15.8 Å². The Kier molecular flexibility index (Phi) is 7.98. The fourth-order valence-corrected chi connectivity index (χ4v) is 6.73. The van der Waals surface area contributed by atoms with E-state index in [1.54, 1.807) is 11.0 Å². The molecule has 6 rings (SSSR count). The number of rotatable bonds is 7. The van der Waals surface area contributed by atoms with Crippen LogP contribution in [0.3, 0.4) is 0 Å². The Balaban J connectivity index is 1.34. The van der Waals surface area contributed by atoms with Crippen molar-refractivity contribution in [3.05, 3.63) is 72.2 Å². The Morgan fingerprint density at radius 1 is 1.14 bits per heavy atom. The molecular formula is C33H37FN6O2. The fourth-order valence-electron chi connectivity index (χ4n) is 6.73. The van der Waals surface area contributed by atoms with Crippen molar-refractivity contribution in [1.82, 2.24) is 14.8 Å². The van der Waals surface area contributed by atoms with Crippen LogP contribution in [0.5, 0.6) is 5.88 Å². The van der Waals surface area contributed by atoms with Crippen molar-refractivity contribution in [2.75, 3.05) is 56.2 Å². The standard InChI is InChI=1S/C33H37FN6O2/c1-3-32(41)40-18-17-39(20-24(40)12-14-35)30-19-31(42-22-25-9-6-15-37(25)2)36-28-21-38(16-13-26(28)30)29-11-5-8-23-7-4-10-27(34)33(23)29/h3-5,7-8,10-11,19,24-25H,1,6,9,12-13,15-18,20-22H2,2H3/t24-,25-/m0/s1. The first kappa shape index (κ1) is 28.0. The molecule has 4 heterocycles. The maximum absolute atomic E-state index is 15.0. The number of carbonyl (C=O) groups is 1. The fraction of sp³-hybridized carbons (Fsp3) is 0.424. The number of halogens is 1. The Morgan fingerprint density at radius 2 is 1.98 bits per heavy atom. The van der Waals surface area contributed by atoms with Crippen molar-refractivity contribution in [3.63, 3.8) is 0 Å². The minimum Gasteiger partial charge on any atom is -0.476 e. The molecule has 0 saturated carbocycles. The summed E-state index contributed by atoms with van der Waals surface area (Å²) in [5.41, 5.74) is 3.98. The lowest BCUT2D eigenvalue weighted by atomic mass is 9.98. The molecule has 218 valence electrons. The van der Waals surface area contributed by atoms with Crippen molar-refractivity contribution in [2.45, 2.75) is 44.3 Å². The number of likely N-dealkylation sites (tertiary alicyclic amines) is 1. The van der Waals surface area contributed by atoms with Gasteiger partial charge in [0.2, 0.25) is 11.8 Å². The summed E-state index contributed by atoms with van der Waals surface area (Å²) >= 11 is 0. The number of amides is 1. The Morgan fingerprint density at radius 3 is 2.74 bits per heavy atom. The molecular weight excluding hydrogens is 531 g/mol. The van der Waals surface area contributed by atoms with Crippen LogP contribution in [0.2, 0.25) is 0 Å². The molecule has 0 N–H and O–H groups in total.